The first-order valence-electron chi connectivity index (χ1n) is 8.30. The standard InChI is InChI=1S/C19H18FN3O4S/c1-23(2)28(25,26)16-9-3-13(4-10-16)12-21-19(24)18-11-17(22-27-18)14-5-7-15(20)8-6-14/h3-11H,12H2,1-2H3,(H,21,24). The summed E-state index contributed by atoms with van der Waals surface area (Å²) in [6.07, 6.45) is 0. The van der Waals surface area contributed by atoms with Crippen LogP contribution in [0.4, 0.5) is 4.39 Å². The van der Waals surface area contributed by atoms with Gasteiger partial charge >= 0.3 is 0 Å². The zero-order valence-corrected chi connectivity index (χ0v) is 16.0. The van der Waals surface area contributed by atoms with E-state index in [2.05, 4.69) is 10.5 Å². The Balaban J connectivity index is 1.64. The summed E-state index contributed by atoms with van der Waals surface area (Å²) in [4.78, 5) is 12.4. The van der Waals surface area contributed by atoms with E-state index in [1.807, 2.05) is 0 Å². The van der Waals surface area contributed by atoms with Crippen molar-refractivity contribution in [3.63, 3.8) is 0 Å². The molecule has 0 bridgehead atoms. The van der Waals surface area contributed by atoms with Crippen molar-refractivity contribution in [3.8, 4) is 11.3 Å². The number of nitrogens with one attached hydrogen (secondary N) is 1. The van der Waals surface area contributed by atoms with Crippen LogP contribution in [0.2, 0.25) is 0 Å². The lowest BCUT2D eigenvalue weighted by molar-refractivity contribution is 0.0914. The Morgan fingerprint density at radius 3 is 2.36 bits per heavy atom. The maximum Gasteiger partial charge on any atom is 0.290 e. The molecule has 0 unspecified atom stereocenters. The van der Waals surface area contributed by atoms with Crippen LogP contribution in [0.15, 0.2) is 64.0 Å². The molecule has 0 fully saturated rings. The number of carbonyl (C=O) groups is 1. The van der Waals surface area contributed by atoms with Crippen LogP contribution in [-0.2, 0) is 16.6 Å². The Labute approximate surface area is 161 Å². The second-order valence-corrected chi connectivity index (χ2v) is 8.35. The van der Waals surface area contributed by atoms with Crippen LogP contribution in [0.25, 0.3) is 11.3 Å². The largest absolute Gasteiger partial charge is 0.350 e. The van der Waals surface area contributed by atoms with Gasteiger partial charge in [0.1, 0.15) is 11.5 Å². The van der Waals surface area contributed by atoms with Gasteiger partial charge < -0.3 is 9.84 Å². The highest BCUT2D eigenvalue weighted by Gasteiger charge is 2.17. The Bertz CT molecular complexity index is 1080. The molecule has 1 aromatic heterocycles. The summed E-state index contributed by atoms with van der Waals surface area (Å²) >= 11 is 0. The first-order chi connectivity index (χ1) is 13.3. The molecule has 0 saturated heterocycles. The van der Waals surface area contributed by atoms with Crippen molar-refractivity contribution < 1.29 is 22.1 Å². The fourth-order valence-corrected chi connectivity index (χ4v) is 3.30. The zero-order chi connectivity index (χ0) is 20.3. The molecule has 0 aliphatic heterocycles. The molecule has 1 N–H and O–H groups in total. The Morgan fingerprint density at radius 1 is 1.11 bits per heavy atom. The van der Waals surface area contributed by atoms with E-state index in [1.54, 1.807) is 12.1 Å². The average molecular weight is 403 g/mol. The Hall–Kier alpha value is -3.04. The Morgan fingerprint density at radius 2 is 1.75 bits per heavy atom. The highest BCUT2D eigenvalue weighted by atomic mass is 32.2. The van der Waals surface area contributed by atoms with Crippen molar-refractivity contribution in [3.05, 3.63) is 71.7 Å². The quantitative estimate of drug-likeness (QED) is 0.683. The third-order valence-electron chi connectivity index (χ3n) is 4.03. The van der Waals surface area contributed by atoms with E-state index < -0.39 is 15.9 Å². The van der Waals surface area contributed by atoms with Gasteiger partial charge in [-0.2, -0.15) is 0 Å². The van der Waals surface area contributed by atoms with Crippen molar-refractivity contribution in [1.29, 1.82) is 0 Å². The minimum atomic E-state index is -3.49. The summed E-state index contributed by atoms with van der Waals surface area (Å²) in [7, 11) is -0.576. The average Bonchev–Trinajstić information content (AvgIpc) is 3.17. The number of benzene rings is 2. The van der Waals surface area contributed by atoms with Crippen LogP contribution in [0.3, 0.4) is 0 Å². The molecule has 28 heavy (non-hydrogen) atoms. The predicted octanol–water partition coefficient (Wildman–Crippen LogP) is 2.66. The first-order valence-corrected chi connectivity index (χ1v) is 9.74. The fourth-order valence-electron chi connectivity index (χ4n) is 2.40. The number of sulfonamides is 1. The van der Waals surface area contributed by atoms with Gasteiger partial charge in [-0.05, 0) is 42.0 Å². The van der Waals surface area contributed by atoms with Crippen LogP contribution < -0.4 is 5.32 Å². The second-order valence-electron chi connectivity index (χ2n) is 6.20. The van der Waals surface area contributed by atoms with Gasteiger partial charge in [-0.25, -0.2) is 17.1 Å². The van der Waals surface area contributed by atoms with E-state index in [1.165, 1.54) is 56.6 Å². The number of halogens is 1. The molecule has 0 radical (unpaired) electrons. The first kappa shape index (κ1) is 19.7. The monoisotopic (exact) mass is 403 g/mol. The third kappa shape index (κ3) is 4.26. The fraction of sp³-hybridized carbons (Fsp3) is 0.158. The highest BCUT2D eigenvalue weighted by Crippen LogP contribution is 2.19. The molecule has 0 atom stereocenters. The highest BCUT2D eigenvalue weighted by molar-refractivity contribution is 7.89. The molecule has 7 nitrogen and oxygen atoms in total. The van der Waals surface area contributed by atoms with Gasteiger partial charge in [-0.15, -0.1) is 0 Å². The molecule has 1 heterocycles. The lowest BCUT2D eigenvalue weighted by Gasteiger charge is -2.11. The molecule has 9 heteroatoms. The van der Waals surface area contributed by atoms with Crippen LogP contribution in [0, 0.1) is 5.82 Å². The van der Waals surface area contributed by atoms with Gasteiger partial charge in [-0.1, -0.05) is 17.3 Å². The molecule has 0 saturated carbocycles. The molecule has 3 aromatic rings. The number of carbonyl (C=O) groups excluding carboxylic acids is 1. The van der Waals surface area contributed by atoms with E-state index in [0.29, 0.717) is 11.3 Å². The summed E-state index contributed by atoms with van der Waals surface area (Å²) in [6, 6.07) is 13.4. The minimum absolute atomic E-state index is 0.0196. The number of hydrogen-bond acceptors (Lipinski definition) is 5. The van der Waals surface area contributed by atoms with Crippen LogP contribution in [0.5, 0.6) is 0 Å². The molecule has 0 spiro atoms. The van der Waals surface area contributed by atoms with Crippen LogP contribution in [-0.4, -0.2) is 37.9 Å². The number of aromatic nitrogens is 1. The van der Waals surface area contributed by atoms with Gasteiger partial charge in [0.25, 0.3) is 5.91 Å². The van der Waals surface area contributed by atoms with Gasteiger partial charge in [0.2, 0.25) is 15.8 Å². The molecule has 1 amide bonds. The third-order valence-corrected chi connectivity index (χ3v) is 5.86. The van der Waals surface area contributed by atoms with E-state index in [-0.39, 0.29) is 23.0 Å². The second kappa shape index (κ2) is 7.91. The summed E-state index contributed by atoms with van der Waals surface area (Å²) < 4.78 is 43.3. The van der Waals surface area contributed by atoms with Crippen LogP contribution >= 0.6 is 0 Å². The van der Waals surface area contributed by atoms with Gasteiger partial charge in [-0.3, -0.25) is 4.79 Å². The van der Waals surface area contributed by atoms with E-state index in [9.17, 15) is 17.6 Å². The topological polar surface area (TPSA) is 92.5 Å². The zero-order valence-electron chi connectivity index (χ0n) is 15.2. The van der Waals surface area contributed by atoms with E-state index in [0.717, 1.165) is 9.87 Å². The molecular formula is C19H18FN3O4S. The van der Waals surface area contributed by atoms with Gasteiger partial charge in [0, 0.05) is 32.3 Å². The van der Waals surface area contributed by atoms with Crippen molar-refractivity contribution in [2.24, 2.45) is 0 Å². The lowest BCUT2D eigenvalue weighted by atomic mass is 10.1. The molecular weight excluding hydrogens is 385 g/mol. The van der Waals surface area contributed by atoms with Crippen molar-refractivity contribution in [1.82, 2.24) is 14.8 Å². The smallest absolute Gasteiger partial charge is 0.290 e. The number of amides is 1. The molecule has 2 aromatic carbocycles. The number of hydrogen-bond donors (Lipinski definition) is 1. The van der Waals surface area contributed by atoms with Crippen molar-refractivity contribution in [2.45, 2.75) is 11.4 Å². The van der Waals surface area contributed by atoms with E-state index in [4.69, 9.17) is 4.52 Å². The number of rotatable bonds is 6. The van der Waals surface area contributed by atoms with Crippen molar-refractivity contribution in [2.75, 3.05) is 14.1 Å². The Kier molecular flexibility index (Phi) is 5.57. The summed E-state index contributed by atoms with van der Waals surface area (Å²) in [5.74, 6) is -0.813. The summed E-state index contributed by atoms with van der Waals surface area (Å²) in [6.45, 7) is 0.188. The SMILES string of the molecule is CN(C)S(=O)(=O)c1ccc(CNC(=O)c2cc(-c3ccc(F)cc3)no2)cc1. The normalized spacial score (nSPS) is 11.6. The van der Waals surface area contributed by atoms with Gasteiger partial charge in [0.15, 0.2) is 0 Å². The minimum Gasteiger partial charge on any atom is -0.350 e. The maximum atomic E-state index is 13.0. The molecule has 0 aliphatic carbocycles. The van der Waals surface area contributed by atoms with Gasteiger partial charge in [0.05, 0.1) is 4.90 Å². The molecule has 0 aliphatic rings. The van der Waals surface area contributed by atoms with E-state index >= 15 is 0 Å². The maximum absolute atomic E-state index is 13.0. The predicted molar refractivity (Wildman–Crippen MR) is 100 cm³/mol. The molecule has 146 valence electrons. The van der Waals surface area contributed by atoms with Crippen molar-refractivity contribution >= 4 is 15.9 Å². The van der Waals surface area contributed by atoms with Crippen LogP contribution in [0.1, 0.15) is 16.1 Å². The molecule has 3 rings (SSSR count). The summed E-state index contributed by atoms with van der Waals surface area (Å²) in [5, 5.41) is 6.50. The summed E-state index contributed by atoms with van der Waals surface area (Å²) in [5.41, 5.74) is 1.77. The lowest BCUT2D eigenvalue weighted by Crippen LogP contribution is -2.23. The number of nitrogens with zero attached hydrogens (tertiary/aromatic N) is 2.